The first-order chi connectivity index (χ1) is 12.9. The van der Waals surface area contributed by atoms with Crippen molar-refractivity contribution in [3.05, 3.63) is 71.6 Å². The van der Waals surface area contributed by atoms with Gasteiger partial charge in [-0.2, -0.15) is 5.26 Å². The van der Waals surface area contributed by atoms with Crippen LogP contribution in [-0.4, -0.2) is 31.4 Å². The topological polar surface area (TPSA) is 47.3 Å². The minimum atomic E-state index is -0.358. The molecule has 2 aromatic carbocycles. The van der Waals surface area contributed by atoms with E-state index < -0.39 is 0 Å². The predicted molar refractivity (Wildman–Crippen MR) is 106 cm³/mol. The fraction of sp³-hybridized carbons (Fsp3) is 0.182. The summed E-state index contributed by atoms with van der Waals surface area (Å²) >= 11 is 0. The maximum absolute atomic E-state index is 14.7. The summed E-state index contributed by atoms with van der Waals surface area (Å²) in [4.78, 5) is 16.1. The van der Waals surface area contributed by atoms with E-state index in [2.05, 4.69) is 13.2 Å². The average molecular weight is 361 g/mol. The molecule has 0 N–H and O–H groups in total. The van der Waals surface area contributed by atoms with Crippen LogP contribution in [0.1, 0.15) is 21.5 Å². The van der Waals surface area contributed by atoms with Crippen molar-refractivity contribution in [1.29, 1.82) is 5.26 Å². The molecule has 0 spiro atoms. The first kappa shape index (κ1) is 18.4. The summed E-state index contributed by atoms with van der Waals surface area (Å²) in [5.74, 6) is -0.498. The third-order valence-electron chi connectivity index (χ3n) is 4.69. The number of carbonyl (C=O) groups is 1. The van der Waals surface area contributed by atoms with Gasteiger partial charge in [-0.1, -0.05) is 31.4 Å². The minimum Gasteiger partial charge on any atom is -0.377 e. The van der Waals surface area contributed by atoms with Crippen LogP contribution in [0.25, 0.3) is 17.2 Å². The van der Waals surface area contributed by atoms with Crippen molar-refractivity contribution in [3.63, 3.8) is 0 Å². The molecule has 0 aliphatic carbocycles. The Morgan fingerprint density at radius 1 is 1.37 bits per heavy atom. The molecule has 1 aliphatic heterocycles. The standard InChI is InChI=1S/C22H20FN3O/c1-5-16-20(23)9-15(10-21(16)25(3)4)17-7-6-8-18-19(17)13-26(22(18)27)12-14(2)11-24/h5-10H,1-2,12-13H2,3-4H3. The number of amides is 1. The van der Waals surface area contributed by atoms with Crippen LogP contribution in [0.5, 0.6) is 0 Å². The van der Waals surface area contributed by atoms with Crippen molar-refractivity contribution in [1.82, 2.24) is 4.90 Å². The van der Waals surface area contributed by atoms with Gasteiger partial charge in [-0.05, 0) is 34.9 Å². The second kappa shape index (κ2) is 7.08. The molecule has 0 atom stereocenters. The minimum absolute atomic E-state index is 0.140. The van der Waals surface area contributed by atoms with Crippen LogP contribution >= 0.6 is 0 Å². The van der Waals surface area contributed by atoms with E-state index in [0.29, 0.717) is 28.8 Å². The van der Waals surface area contributed by atoms with Crippen molar-refractivity contribution >= 4 is 17.7 Å². The van der Waals surface area contributed by atoms with E-state index in [-0.39, 0.29) is 18.3 Å². The molecule has 1 amide bonds. The Balaban J connectivity index is 2.10. The lowest BCUT2D eigenvalue weighted by Gasteiger charge is -2.19. The van der Waals surface area contributed by atoms with Crippen molar-refractivity contribution in [2.75, 3.05) is 25.5 Å². The number of carbonyl (C=O) groups excluding carboxylic acids is 1. The number of anilines is 1. The highest BCUT2D eigenvalue weighted by molar-refractivity contribution is 6.01. The monoisotopic (exact) mass is 361 g/mol. The number of hydrogen-bond donors (Lipinski definition) is 0. The van der Waals surface area contributed by atoms with Crippen LogP contribution in [0.2, 0.25) is 0 Å². The number of nitrogens with zero attached hydrogens (tertiary/aromatic N) is 3. The van der Waals surface area contributed by atoms with E-state index in [4.69, 9.17) is 5.26 Å². The van der Waals surface area contributed by atoms with Crippen molar-refractivity contribution in [2.24, 2.45) is 0 Å². The number of hydrogen-bond acceptors (Lipinski definition) is 3. The van der Waals surface area contributed by atoms with Gasteiger partial charge in [0.25, 0.3) is 5.91 Å². The summed E-state index contributed by atoms with van der Waals surface area (Å²) in [7, 11) is 3.69. The number of fused-ring (bicyclic) bond motifs is 1. The molecule has 0 radical (unpaired) electrons. The summed E-state index contributed by atoms with van der Waals surface area (Å²) in [5.41, 5.74) is 4.42. The molecule has 5 heteroatoms. The van der Waals surface area contributed by atoms with Crippen LogP contribution in [0, 0.1) is 17.1 Å². The molecular formula is C22H20FN3O. The molecule has 136 valence electrons. The van der Waals surface area contributed by atoms with Gasteiger partial charge in [0, 0.05) is 43.0 Å². The van der Waals surface area contributed by atoms with Crippen LogP contribution in [0.15, 0.2) is 49.1 Å². The van der Waals surface area contributed by atoms with Gasteiger partial charge in [0.2, 0.25) is 0 Å². The van der Waals surface area contributed by atoms with Gasteiger partial charge >= 0.3 is 0 Å². The Morgan fingerprint density at radius 2 is 2.07 bits per heavy atom. The van der Waals surface area contributed by atoms with E-state index in [0.717, 1.165) is 16.8 Å². The smallest absolute Gasteiger partial charge is 0.254 e. The summed E-state index contributed by atoms with van der Waals surface area (Å²) < 4.78 is 14.7. The third-order valence-corrected chi connectivity index (χ3v) is 4.69. The molecule has 0 bridgehead atoms. The molecule has 0 saturated carbocycles. The van der Waals surface area contributed by atoms with Crippen molar-refractivity contribution < 1.29 is 9.18 Å². The summed E-state index contributed by atoms with van der Waals surface area (Å²) in [6, 6.07) is 10.8. The van der Waals surface area contributed by atoms with Gasteiger partial charge < -0.3 is 9.80 Å². The molecular weight excluding hydrogens is 341 g/mol. The molecule has 0 saturated heterocycles. The number of rotatable bonds is 5. The van der Waals surface area contributed by atoms with E-state index in [1.54, 1.807) is 17.0 Å². The van der Waals surface area contributed by atoms with Crippen molar-refractivity contribution in [2.45, 2.75) is 6.54 Å². The average Bonchev–Trinajstić information content (AvgIpc) is 2.96. The van der Waals surface area contributed by atoms with Crippen LogP contribution < -0.4 is 4.90 Å². The van der Waals surface area contributed by atoms with Crippen LogP contribution in [-0.2, 0) is 6.54 Å². The molecule has 2 aromatic rings. The fourth-order valence-corrected chi connectivity index (χ4v) is 3.39. The fourth-order valence-electron chi connectivity index (χ4n) is 3.39. The molecule has 0 aromatic heterocycles. The Kier molecular flexibility index (Phi) is 4.83. The molecule has 3 rings (SSSR count). The third kappa shape index (κ3) is 3.22. The van der Waals surface area contributed by atoms with Gasteiger partial charge in [0.05, 0.1) is 12.6 Å². The zero-order valence-corrected chi connectivity index (χ0v) is 15.4. The highest BCUT2D eigenvalue weighted by Gasteiger charge is 2.30. The largest absolute Gasteiger partial charge is 0.377 e. The SMILES string of the molecule is C=Cc1c(F)cc(-c2cccc3c2CN(CC(=C)C#N)C3=O)cc1N(C)C. The Hall–Kier alpha value is -3.39. The Labute approximate surface area is 158 Å². The zero-order chi connectivity index (χ0) is 19.7. The summed E-state index contributed by atoms with van der Waals surface area (Å²) in [6.07, 6.45) is 1.50. The highest BCUT2D eigenvalue weighted by Crippen LogP contribution is 2.36. The second-order valence-electron chi connectivity index (χ2n) is 6.70. The maximum Gasteiger partial charge on any atom is 0.254 e. The van der Waals surface area contributed by atoms with Gasteiger partial charge in [0.15, 0.2) is 0 Å². The maximum atomic E-state index is 14.7. The van der Waals surface area contributed by atoms with Crippen LogP contribution in [0.3, 0.4) is 0 Å². The van der Waals surface area contributed by atoms with E-state index in [9.17, 15) is 9.18 Å². The normalized spacial score (nSPS) is 12.5. The quantitative estimate of drug-likeness (QED) is 0.749. The van der Waals surface area contributed by atoms with Crippen LogP contribution in [0.4, 0.5) is 10.1 Å². The molecule has 27 heavy (non-hydrogen) atoms. The molecule has 1 heterocycles. The lowest BCUT2D eigenvalue weighted by Crippen LogP contribution is -2.25. The highest BCUT2D eigenvalue weighted by atomic mass is 19.1. The lowest BCUT2D eigenvalue weighted by atomic mass is 9.95. The summed E-state index contributed by atoms with van der Waals surface area (Å²) in [5, 5.41) is 8.95. The predicted octanol–water partition coefficient (Wildman–Crippen LogP) is 4.24. The molecule has 0 fully saturated rings. The van der Waals surface area contributed by atoms with E-state index >= 15 is 0 Å². The molecule has 4 nitrogen and oxygen atoms in total. The number of nitriles is 1. The lowest BCUT2D eigenvalue weighted by molar-refractivity contribution is 0.0794. The van der Waals surface area contributed by atoms with E-state index in [1.807, 2.05) is 37.2 Å². The molecule has 1 aliphatic rings. The zero-order valence-electron chi connectivity index (χ0n) is 15.4. The van der Waals surface area contributed by atoms with Gasteiger partial charge in [-0.25, -0.2) is 4.39 Å². The first-order valence-corrected chi connectivity index (χ1v) is 8.50. The first-order valence-electron chi connectivity index (χ1n) is 8.50. The summed E-state index contributed by atoms with van der Waals surface area (Å²) in [6.45, 7) is 7.91. The molecule has 0 unspecified atom stereocenters. The van der Waals surface area contributed by atoms with Crippen molar-refractivity contribution in [3.8, 4) is 17.2 Å². The number of halogens is 1. The number of benzene rings is 2. The second-order valence-corrected chi connectivity index (χ2v) is 6.70. The van der Waals surface area contributed by atoms with E-state index in [1.165, 1.54) is 12.1 Å². The van der Waals surface area contributed by atoms with Gasteiger partial charge in [-0.3, -0.25) is 4.79 Å². The van der Waals surface area contributed by atoms with Gasteiger partial charge in [-0.15, -0.1) is 0 Å². The Morgan fingerprint density at radius 3 is 2.70 bits per heavy atom. The Bertz CT molecular complexity index is 1000. The van der Waals surface area contributed by atoms with Gasteiger partial charge in [0.1, 0.15) is 5.82 Å².